The number of hydrogen-bond acceptors (Lipinski definition) is 9. The van der Waals surface area contributed by atoms with Gasteiger partial charge in [-0.2, -0.15) is 0 Å². The van der Waals surface area contributed by atoms with E-state index in [2.05, 4.69) is 45.5 Å². The van der Waals surface area contributed by atoms with Gasteiger partial charge in [0.05, 0.1) is 22.0 Å². The van der Waals surface area contributed by atoms with Gasteiger partial charge in [-0.3, -0.25) is 24.5 Å². The van der Waals surface area contributed by atoms with Gasteiger partial charge in [-0.1, -0.05) is 49.2 Å². The number of piperazine rings is 1. The van der Waals surface area contributed by atoms with Crippen molar-refractivity contribution in [3.05, 3.63) is 123 Å². The Morgan fingerprint density at radius 3 is 2.53 bits per heavy atom. The standard InChI is InChI=1S/C46H50ClN5O7S/c1-46(2)18-14-33(39(28-46)32-6-8-34(47)9-7-32)29-50-20-22-51(23-21-50)35-10-12-38(44(26-35)59-42-5-3-4-40-37(42)15-19-48-40)45(53)49-60(56)36-11-13-43(41(27-36)52(54)55)58-30-31-16-24-57-25-17-31/h3-13,15,19,26-27,31,48H,14,16-18,20-25,28-30H2,1-2H3,(H,49,53). The van der Waals surface area contributed by atoms with E-state index < -0.39 is 21.8 Å². The number of halogens is 1. The van der Waals surface area contributed by atoms with Crippen molar-refractivity contribution in [1.82, 2.24) is 14.6 Å². The first-order valence-electron chi connectivity index (χ1n) is 20.5. The highest BCUT2D eigenvalue weighted by Crippen LogP contribution is 2.43. The molecular weight excluding hydrogens is 802 g/mol. The molecular formula is C46H50ClN5O7S. The van der Waals surface area contributed by atoms with Crippen molar-refractivity contribution >= 4 is 56.3 Å². The normalized spacial score (nSPS) is 18.0. The molecule has 0 spiro atoms. The van der Waals surface area contributed by atoms with E-state index in [4.69, 9.17) is 25.8 Å². The topological polar surface area (TPSA) is 139 Å². The summed E-state index contributed by atoms with van der Waals surface area (Å²) in [6.07, 6.45) is 6.72. The molecule has 2 aliphatic heterocycles. The molecule has 2 saturated heterocycles. The highest BCUT2D eigenvalue weighted by molar-refractivity contribution is 7.83. The highest BCUT2D eigenvalue weighted by Gasteiger charge is 2.30. The van der Waals surface area contributed by atoms with E-state index in [0.717, 1.165) is 86.4 Å². The second kappa shape index (κ2) is 18.2. The van der Waals surface area contributed by atoms with Crippen molar-refractivity contribution in [2.24, 2.45) is 11.3 Å². The quantitative estimate of drug-likeness (QED) is 0.0876. The molecule has 14 heteroatoms. The molecule has 60 heavy (non-hydrogen) atoms. The lowest BCUT2D eigenvalue weighted by Crippen LogP contribution is -2.47. The number of fused-ring (bicyclic) bond motifs is 1. The Bertz CT molecular complexity index is 2420. The number of aromatic amines is 1. The van der Waals surface area contributed by atoms with Gasteiger partial charge in [-0.15, -0.1) is 0 Å². The zero-order valence-electron chi connectivity index (χ0n) is 33.9. The molecule has 314 valence electrons. The second-order valence-corrected chi connectivity index (χ2v) is 18.3. The summed E-state index contributed by atoms with van der Waals surface area (Å²) in [7, 11) is -2.13. The molecule has 5 aromatic rings. The average Bonchev–Trinajstić information content (AvgIpc) is 3.74. The van der Waals surface area contributed by atoms with Crippen molar-refractivity contribution in [2.75, 3.05) is 57.4 Å². The number of allylic oxidation sites excluding steroid dienone is 1. The van der Waals surface area contributed by atoms with E-state index in [-0.39, 0.29) is 33.2 Å². The fourth-order valence-electron chi connectivity index (χ4n) is 8.34. The van der Waals surface area contributed by atoms with E-state index in [1.54, 1.807) is 6.07 Å². The zero-order chi connectivity index (χ0) is 41.8. The summed E-state index contributed by atoms with van der Waals surface area (Å²) in [6.45, 7) is 10.5. The third kappa shape index (κ3) is 9.70. The molecule has 3 aliphatic rings. The molecule has 4 aromatic carbocycles. The molecule has 3 heterocycles. The molecule has 1 unspecified atom stereocenters. The molecule has 12 nitrogen and oxygen atoms in total. The Kier molecular flexibility index (Phi) is 12.6. The van der Waals surface area contributed by atoms with E-state index in [1.165, 1.54) is 34.9 Å². The number of hydrogen-bond donors (Lipinski definition) is 2. The lowest BCUT2D eigenvalue weighted by atomic mass is 9.72. The minimum absolute atomic E-state index is 0.0653. The van der Waals surface area contributed by atoms with Crippen LogP contribution in [0.1, 0.15) is 61.9 Å². The molecule has 1 atom stereocenters. The molecule has 0 bridgehead atoms. The number of nitrogens with zero attached hydrogens (tertiary/aromatic N) is 3. The smallest absolute Gasteiger partial charge is 0.312 e. The Morgan fingerprint density at radius 1 is 0.983 bits per heavy atom. The summed E-state index contributed by atoms with van der Waals surface area (Å²) in [5.41, 5.74) is 6.06. The van der Waals surface area contributed by atoms with Crippen molar-refractivity contribution in [3.8, 4) is 17.2 Å². The van der Waals surface area contributed by atoms with Crippen LogP contribution in [0.15, 0.2) is 102 Å². The van der Waals surface area contributed by atoms with E-state index in [0.29, 0.717) is 31.3 Å². The number of anilines is 1. The number of benzene rings is 4. The number of rotatable bonds is 13. The number of aromatic nitrogens is 1. The van der Waals surface area contributed by atoms with E-state index in [1.807, 2.05) is 54.7 Å². The number of H-pyrrole nitrogens is 1. The van der Waals surface area contributed by atoms with E-state index in [9.17, 15) is 19.1 Å². The van der Waals surface area contributed by atoms with Gasteiger partial charge in [0.1, 0.15) is 11.5 Å². The first kappa shape index (κ1) is 41.5. The van der Waals surface area contributed by atoms with Gasteiger partial charge >= 0.3 is 5.69 Å². The van der Waals surface area contributed by atoms with E-state index >= 15 is 0 Å². The third-order valence-electron chi connectivity index (χ3n) is 11.9. The van der Waals surface area contributed by atoms with Crippen LogP contribution in [0.3, 0.4) is 0 Å². The maximum absolute atomic E-state index is 13.9. The van der Waals surface area contributed by atoms with Crippen molar-refractivity contribution in [2.45, 2.75) is 50.8 Å². The summed E-state index contributed by atoms with van der Waals surface area (Å²) in [5, 5.41) is 13.6. The molecule has 1 amide bonds. The molecule has 1 aromatic heterocycles. The second-order valence-electron chi connectivity index (χ2n) is 16.6. The molecule has 2 N–H and O–H groups in total. The molecule has 0 radical (unpaired) electrons. The maximum Gasteiger partial charge on any atom is 0.312 e. The fraction of sp³-hybridized carbons (Fsp3) is 0.370. The van der Waals surface area contributed by atoms with Gasteiger partial charge in [0.2, 0.25) is 0 Å². The predicted molar refractivity (Wildman–Crippen MR) is 235 cm³/mol. The monoisotopic (exact) mass is 851 g/mol. The van der Waals surface area contributed by atoms with Crippen molar-refractivity contribution < 1.29 is 28.1 Å². The minimum atomic E-state index is -2.13. The van der Waals surface area contributed by atoms with Crippen molar-refractivity contribution in [3.63, 3.8) is 0 Å². The van der Waals surface area contributed by atoms with Crippen LogP contribution in [0.5, 0.6) is 17.2 Å². The molecule has 0 saturated carbocycles. The largest absolute Gasteiger partial charge is 0.487 e. The van der Waals surface area contributed by atoms with Crippen LogP contribution in [0.2, 0.25) is 5.02 Å². The number of nitro groups is 1. The first-order valence-corrected chi connectivity index (χ1v) is 22.1. The van der Waals surface area contributed by atoms with Gasteiger partial charge in [0.25, 0.3) is 5.91 Å². The number of carbonyl (C=O) groups is 1. The van der Waals surface area contributed by atoms with Crippen LogP contribution in [-0.2, 0) is 15.7 Å². The molecule has 1 aliphatic carbocycles. The number of nitrogens with one attached hydrogen (secondary N) is 2. The Balaban J connectivity index is 0.992. The SMILES string of the molecule is CC1(C)CCC(CN2CCN(c3ccc(C(=O)NS(=O)c4ccc(OCC5CCOCC5)c([N+](=O)[O-])c4)c(Oc4cccc5[nH]ccc45)c3)CC2)=C(c2ccc(Cl)cc2)C1. The Hall–Kier alpha value is -5.21. The van der Waals surface area contributed by atoms with Crippen LogP contribution in [-0.4, -0.2) is 77.5 Å². The van der Waals surface area contributed by atoms with Crippen LogP contribution >= 0.6 is 11.6 Å². The van der Waals surface area contributed by atoms with Crippen molar-refractivity contribution in [1.29, 1.82) is 0 Å². The van der Waals surface area contributed by atoms with Gasteiger partial charge in [0, 0.05) is 85.9 Å². The molecule has 2 fully saturated rings. The van der Waals surface area contributed by atoms with Crippen LogP contribution in [0.25, 0.3) is 16.5 Å². The summed E-state index contributed by atoms with van der Waals surface area (Å²) in [5.74, 6) is 0.517. The highest BCUT2D eigenvalue weighted by atomic mass is 35.5. The minimum Gasteiger partial charge on any atom is -0.487 e. The van der Waals surface area contributed by atoms with Gasteiger partial charge in [-0.05, 0) is 109 Å². The predicted octanol–water partition coefficient (Wildman–Crippen LogP) is 9.57. The zero-order valence-corrected chi connectivity index (χ0v) is 35.5. The lowest BCUT2D eigenvalue weighted by molar-refractivity contribution is -0.386. The third-order valence-corrected chi connectivity index (χ3v) is 13.2. The maximum atomic E-state index is 13.9. The fourth-order valence-corrected chi connectivity index (χ4v) is 9.27. The first-order chi connectivity index (χ1) is 29.0. The number of ether oxygens (including phenoxy) is 3. The summed E-state index contributed by atoms with van der Waals surface area (Å²) < 4.78 is 33.9. The van der Waals surface area contributed by atoms with Crippen LogP contribution in [0, 0.1) is 21.4 Å². The number of nitro benzene ring substituents is 1. The Labute approximate surface area is 357 Å². The van der Waals surface area contributed by atoms with Crippen LogP contribution in [0.4, 0.5) is 11.4 Å². The van der Waals surface area contributed by atoms with Crippen LogP contribution < -0.4 is 19.1 Å². The van der Waals surface area contributed by atoms with Gasteiger partial charge in [-0.25, -0.2) is 4.21 Å². The summed E-state index contributed by atoms with van der Waals surface area (Å²) >= 11 is 6.25. The number of carbonyl (C=O) groups excluding carboxylic acids is 1. The average molecular weight is 852 g/mol. The number of amides is 1. The molecule has 8 rings (SSSR count). The summed E-state index contributed by atoms with van der Waals surface area (Å²) in [4.78, 5) is 33.5. The Morgan fingerprint density at radius 2 is 1.77 bits per heavy atom. The van der Waals surface area contributed by atoms with Gasteiger partial charge in [0.15, 0.2) is 16.7 Å². The van der Waals surface area contributed by atoms with Gasteiger partial charge < -0.3 is 24.1 Å². The lowest BCUT2D eigenvalue weighted by Gasteiger charge is -2.39. The summed E-state index contributed by atoms with van der Waals surface area (Å²) in [6, 6.07) is 25.3.